The fourth-order valence-corrected chi connectivity index (χ4v) is 1.44. The zero-order valence-electron chi connectivity index (χ0n) is 10.2. The molecular weight excluding hydrogens is 254 g/mol. The van der Waals surface area contributed by atoms with E-state index < -0.39 is 11.6 Å². The molecule has 2 aromatic rings. The zero-order chi connectivity index (χ0) is 13.8. The standard InChI is InChI=1S/C12H12F2N4O/c1-2-19-12-10(15)11(16-6-17-12)18-7-3-4-8(13)9(14)5-7/h3-6H,2,15H2,1H3,(H,16,17,18). The normalized spacial score (nSPS) is 10.3. The van der Waals surface area contributed by atoms with Crippen molar-refractivity contribution < 1.29 is 13.5 Å². The van der Waals surface area contributed by atoms with E-state index in [1.807, 2.05) is 0 Å². The predicted molar refractivity (Wildman–Crippen MR) is 67.3 cm³/mol. The van der Waals surface area contributed by atoms with E-state index in [0.29, 0.717) is 12.3 Å². The van der Waals surface area contributed by atoms with Crippen molar-refractivity contribution in [3.05, 3.63) is 36.2 Å². The smallest absolute Gasteiger partial charge is 0.242 e. The molecule has 0 radical (unpaired) electrons. The van der Waals surface area contributed by atoms with Gasteiger partial charge in [-0.15, -0.1) is 0 Å². The van der Waals surface area contributed by atoms with Crippen molar-refractivity contribution in [1.82, 2.24) is 9.97 Å². The first kappa shape index (κ1) is 13.0. The highest BCUT2D eigenvalue weighted by Crippen LogP contribution is 2.27. The molecule has 7 heteroatoms. The van der Waals surface area contributed by atoms with Crippen molar-refractivity contribution in [3.8, 4) is 5.88 Å². The van der Waals surface area contributed by atoms with Crippen LogP contribution in [0, 0.1) is 11.6 Å². The van der Waals surface area contributed by atoms with E-state index in [1.54, 1.807) is 6.92 Å². The third-order valence-electron chi connectivity index (χ3n) is 2.31. The summed E-state index contributed by atoms with van der Waals surface area (Å²) in [4.78, 5) is 7.79. The first-order chi connectivity index (χ1) is 9.11. The van der Waals surface area contributed by atoms with E-state index in [1.165, 1.54) is 12.4 Å². The average molecular weight is 266 g/mol. The molecule has 0 saturated carbocycles. The van der Waals surface area contributed by atoms with Crippen molar-refractivity contribution in [2.24, 2.45) is 0 Å². The van der Waals surface area contributed by atoms with Crippen LogP contribution in [0.25, 0.3) is 0 Å². The molecule has 0 saturated heterocycles. The maximum Gasteiger partial charge on any atom is 0.242 e. The first-order valence-electron chi connectivity index (χ1n) is 5.57. The minimum absolute atomic E-state index is 0.203. The minimum Gasteiger partial charge on any atom is -0.476 e. The van der Waals surface area contributed by atoms with Crippen LogP contribution >= 0.6 is 0 Å². The van der Waals surface area contributed by atoms with E-state index in [9.17, 15) is 8.78 Å². The number of nitrogens with zero attached hydrogens (tertiary/aromatic N) is 2. The summed E-state index contributed by atoms with van der Waals surface area (Å²) in [6, 6.07) is 3.40. The summed E-state index contributed by atoms with van der Waals surface area (Å²) in [6.45, 7) is 2.20. The Morgan fingerprint density at radius 1 is 1.26 bits per heavy atom. The number of nitrogens with one attached hydrogen (secondary N) is 1. The third-order valence-corrected chi connectivity index (χ3v) is 2.31. The van der Waals surface area contributed by atoms with Crippen molar-refractivity contribution >= 4 is 17.2 Å². The van der Waals surface area contributed by atoms with Crippen LogP contribution < -0.4 is 15.8 Å². The van der Waals surface area contributed by atoms with Crippen LogP contribution in [0.3, 0.4) is 0 Å². The highest BCUT2D eigenvalue weighted by atomic mass is 19.2. The van der Waals surface area contributed by atoms with Crippen LogP contribution in [0.2, 0.25) is 0 Å². The topological polar surface area (TPSA) is 73.1 Å². The molecule has 0 aliphatic rings. The summed E-state index contributed by atoms with van der Waals surface area (Å²) in [5.74, 6) is -1.37. The van der Waals surface area contributed by atoms with Crippen molar-refractivity contribution in [3.63, 3.8) is 0 Å². The lowest BCUT2D eigenvalue weighted by molar-refractivity contribution is 0.328. The van der Waals surface area contributed by atoms with Crippen LogP contribution in [-0.4, -0.2) is 16.6 Å². The second-order valence-corrected chi connectivity index (χ2v) is 3.63. The molecule has 19 heavy (non-hydrogen) atoms. The van der Waals surface area contributed by atoms with Gasteiger partial charge in [0.15, 0.2) is 17.5 Å². The molecule has 1 aromatic carbocycles. The number of halogens is 2. The summed E-state index contributed by atoms with van der Waals surface area (Å²) >= 11 is 0. The largest absolute Gasteiger partial charge is 0.476 e. The average Bonchev–Trinajstić information content (AvgIpc) is 2.39. The third kappa shape index (κ3) is 2.87. The van der Waals surface area contributed by atoms with Gasteiger partial charge in [-0.05, 0) is 19.1 Å². The molecule has 0 aliphatic carbocycles. The van der Waals surface area contributed by atoms with Crippen LogP contribution in [0.4, 0.5) is 26.0 Å². The number of ether oxygens (including phenoxy) is 1. The summed E-state index contributed by atoms with van der Waals surface area (Å²) in [5, 5.41) is 2.78. The second kappa shape index (κ2) is 5.47. The highest BCUT2D eigenvalue weighted by molar-refractivity contribution is 5.72. The monoisotopic (exact) mass is 266 g/mol. The summed E-state index contributed by atoms with van der Waals surface area (Å²) in [5.41, 5.74) is 6.33. The van der Waals surface area contributed by atoms with Gasteiger partial charge in [0.1, 0.15) is 12.0 Å². The van der Waals surface area contributed by atoms with Gasteiger partial charge in [-0.2, -0.15) is 4.98 Å². The zero-order valence-corrected chi connectivity index (χ0v) is 10.2. The fraction of sp³-hybridized carbons (Fsp3) is 0.167. The number of anilines is 3. The van der Waals surface area contributed by atoms with Gasteiger partial charge in [0, 0.05) is 11.8 Å². The molecule has 0 bridgehead atoms. The molecule has 100 valence electrons. The van der Waals surface area contributed by atoms with Gasteiger partial charge in [0.25, 0.3) is 0 Å². The van der Waals surface area contributed by atoms with Gasteiger partial charge in [-0.3, -0.25) is 0 Å². The molecule has 5 nitrogen and oxygen atoms in total. The SMILES string of the molecule is CCOc1ncnc(Nc2ccc(F)c(F)c2)c1N. The molecule has 0 aliphatic heterocycles. The maximum atomic E-state index is 13.1. The molecule has 0 unspecified atom stereocenters. The molecule has 3 N–H and O–H groups in total. The van der Waals surface area contributed by atoms with Crippen LogP contribution in [0.1, 0.15) is 6.92 Å². The number of aromatic nitrogens is 2. The minimum atomic E-state index is -0.956. The Kier molecular flexibility index (Phi) is 3.74. The van der Waals surface area contributed by atoms with Gasteiger partial charge in [-0.1, -0.05) is 0 Å². The van der Waals surface area contributed by atoms with Gasteiger partial charge in [0.2, 0.25) is 5.88 Å². The Morgan fingerprint density at radius 3 is 2.74 bits per heavy atom. The molecule has 0 amide bonds. The Bertz CT molecular complexity index is 592. The number of benzene rings is 1. The summed E-state index contributed by atoms with van der Waals surface area (Å²) < 4.78 is 31.1. The van der Waals surface area contributed by atoms with E-state index in [-0.39, 0.29) is 17.4 Å². The Labute approximate surface area is 108 Å². The summed E-state index contributed by atoms with van der Waals surface area (Å²) in [6.07, 6.45) is 1.27. The lowest BCUT2D eigenvalue weighted by atomic mass is 10.3. The van der Waals surface area contributed by atoms with Crippen molar-refractivity contribution in [2.45, 2.75) is 6.92 Å². The van der Waals surface area contributed by atoms with E-state index in [2.05, 4.69) is 15.3 Å². The van der Waals surface area contributed by atoms with E-state index >= 15 is 0 Å². The number of rotatable bonds is 4. The molecule has 0 spiro atoms. The quantitative estimate of drug-likeness (QED) is 0.889. The molecule has 1 heterocycles. The molecule has 0 atom stereocenters. The molecule has 0 fully saturated rings. The number of nitrogens with two attached hydrogens (primary N) is 1. The van der Waals surface area contributed by atoms with E-state index in [0.717, 1.165) is 12.1 Å². The Morgan fingerprint density at radius 2 is 2.05 bits per heavy atom. The maximum absolute atomic E-state index is 13.1. The Hall–Kier alpha value is -2.44. The second-order valence-electron chi connectivity index (χ2n) is 3.63. The fourth-order valence-electron chi connectivity index (χ4n) is 1.44. The first-order valence-corrected chi connectivity index (χ1v) is 5.57. The lowest BCUT2D eigenvalue weighted by Gasteiger charge is -2.11. The van der Waals surface area contributed by atoms with Gasteiger partial charge in [0.05, 0.1) is 6.61 Å². The van der Waals surface area contributed by atoms with Gasteiger partial charge < -0.3 is 15.8 Å². The molecule has 2 rings (SSSR count). The van der Waals surface area contributed by atoms with Crippen LogP contribution in [0.15, 0.2) is 24.5 Å². The van der Waals surface area contributed by atoms with Crippen LogP contribution in [0.5, 0.6) is 5.88 Å². The van der Waals surface area contributed by atoms with Crippen LogP contribution in [-0.2, 0) is 0 Å². The van der Waals surface area contributed by atoms with E-state index in [4.69, 9.17) is 10.5 Å². The highest BCUT2D eigenvalue weighted by Gasteiger charge is 2.10. The number of nitrogen functional groups attached to an aromatic ring is 1. The number of hydrogen-bond donors (Lipinski definition) is 2. The molecule has 1 aromatic heterocycles. The predicted octanol–water partition coefficient (Wildman–Crippen LogP) is 2.48. The van der Waals surface area contributed by atoms with Gasteiger partial charge in [-0.25, -0.2) is 13.8 Å². The van der Waals surface area contributed by atoms with Crippen molar-refractivity contribution in [1.29, 1.82) is 0 Å². The lowest BCUT2D eigenvalue weighted by Crippen LogP contribution is -2.05. The summed E-state index contributed by atoms with van der Waals surface area (Å²) in [7, 11) is 0. The van der Waals surface area contributed by atoms with Gasteiger partial charge >= 0.3 is 0 Å². The Balaban J connectivity index is 2.27. The molecular formula is C12H12F2N4O. The van der Waals surface area contributed by atoms with Crippen molar-refractivity contribution in [2.75, 3.05) is 17.7 Å². The number of hydrogen-bond acceptors (Lipinski definition) is 5.